The van der Waals surface area contributed by atoms with E-state index in [2.05, 4.69) is 4.98 Å². The Morgan fingerprint density at radius 2 is 1.94 bits per heavy atom. The first-order valence-electron chi connectivity index (χ1n) is 9.75. The molecule has 0 bridgehead atoms. The first kappa shape index (κ1) is 22.7. The molecule has 0 aliphatic heterocycles. The molecule has 0 aliphatic carbocycles. The predicted molar refractivity (Wildman–Crippen MR) is 119 cm³/mol. The zero-order chi connectivity index (χ0) is 22.4. The third-order valence-electron chi connectivity index (χ3n) is 4.33. The number of hydrogen-bond acceptors (Lipinski definition) is 6. The third-order valence-corrected chi connectivity index (χ3v) is 4.57. The van der Waals surface area contributed by atoms with E-state index in [1.807, 2.05) is 18.2 Å². The van der Waals surface area contributed by atoms with Gasteiger partial charge in [0, 0.05) is 29.9 Å². The van der Waals surface area contributed by atoms with Crippen molar-refractivity contribution < 1.29 is 19.3 Å². The fourth-order valence-corrected chi connectivity index (χ4v) is 3.05. The van der Waals surface area contributed by atoms with Crippen LogP contribution < -0.4 is 19.8 Å². The number of hydrogen-bond donors (Lipinski definition) is 1. The normalized spacial score (nSPS) is 11.3. The highest BCUT2D eigenvalue weighted by Gasteiger charge is 2.16. The molecule has 3 rings (SSSR count). The summed E-state index contributed by atoms with van der Waals surface area (Å²) in [6.07, 6.45) is 3.65. The van der Waals surface area contributed by atoms with Crippen LogP contribution in [0.3, 0.4) is 0 Å². The molecule has 2 aromatic carbocycles. The van der Waals surface area contributed by atoms with E-state index in [0.29, 0.717) is 35.2 Å². The van der Waals surface area contributed by atoms with E-state index in [9.17, 15) is 9.90 Å². The van der Waals surface area contributed by atoms with Gasteiger partial charge < -0.3 is 19.3 Å². The minimum atomic E-state index is -0.983. The smallest absolute Gasteiger partial charge is 0.317 e. The molecule has 0 saturated carbocycles. The molecule has 164 valence electrons. The Morgan fingerprint density at radius 1 is 1.13 bits per heavy atom. The molecule has 31 heavy (non-hydrogen) atoms. The number of aromatic nitrogens is 2. The average molecular weight is 445 g/mol. The minimum Gasteiger partial charge on any atom is -0.493 e. The summed E-state index contributed by atoms with van der Waals surface area (Å²) in [6.45, 7) is 3.69. The predicted octanol–water partition coefficient (Wildman–Crippen LogP) is 3.67. The van der Waals surface area contributed by atoms with Crippen LogP contribution in [0.4, 0.5) is 0 Å². The van der Waals surface area contributed by atoms with Crippen molar-refractivity contribution in [3.05, 3.63) is 75.8 Å². The van der Waals surface area contributed by atoms with Crippen molar-refractivity contribution in [3.8, 4) is 23.1 Å². The van der Waals surface area contributed by atoms with Crippen molar-refractivity contribution in [2.24, 2.45) is 0 Å². The molecule has 0 aliphatic rings. The monoisotopic (exact) mass is 444 g/mol. The Balaban J connectivity index is 1.76. The Morgan fingerprint density at radius 3 is 2.65 bits per heavy atom. The fraction of sp³-hybridized carbons (Fsp3) is 0.304. The maximum Gasteiger partial charge on any atom is 0.317 e. The summed E-state index contributed by atoms with van der Waals surface area (Å²) in [5.41, 5.74) is 0.207. The van der Waals surface area contributed by atoms with Gasteiger partial charge in [0.15, 0.2) is 11.5 Å². The van der Waals surface area contributed by atoms with Crippen molar-refractivity contribution in [1.29, 1.82) is 0 Å². The van der Waals surface area contributed by atoms with Crippen LogP contribution in [0.1, 0.15) is 19.4 Å². The van der Waals surface area contributed by atoms with Gasteiger partial charge in [-0.15, -0.1) is 0 Å². The molecule has 0 fully saturated rings. The quantitative estimate of drug-likeness (QED) is 0.542. The molecule has 0 atom stereocenters. The SMILES string of the molecule is COc1cc(-n2ccnc(OCCc3cccc(Cl)c3)c2=O)ccc1OCC(C)(C)O. The van der Waals surface area contributed by atoms with Crippen LogP contribution >= 0.6 is 11.6 Å². The van der Waals surface area contributed by atoms with Crippen LogP contribution in [-0.4, -0.2) is 40.6 Å². The first-order valence-corrected chi connectivity index (χ1v) is 10.1. The van der Waals surface area contributed by atoms with Crippen LogP contribution in [-0.2, 0) is 6.42 Å². The lowest BCUT2D eigenvalue weighted by Gasteiger charge is -2.19. The summed E-state index contributed by atoms with van der Waals surface area (Å²) in [5, 5.41) is 10.5. The Kier molecular flexibility index (Phi) is 7.20. The number of ether oxygens (including phenoxy) is 3. The van der Waals surface area contributed by atoms with Gasteiger partial charge in [0.2, 0.25) is 0 Å². The van der Waals surface area contributed by atoms with E-state index in [0.717, 1.165) is 5.56 Å². The summed E-state index contributed by atoms with van der Waals surface area (Å²) in [6, 6.07) is 12.6. The maximum atomic E-state index is 12.9. The van der Waals surface area contributed by atoms with Crippen molar-refractivity contribution in [2.45, 2.75) is 25.9 Å². The fourth-order valence-electron chi connectivity index (χ4n) is 2.83. The molecular formula is C23H25ClN2O5. The second-order valence-corrected chi connectivity index (χ2v) is 8.01. The van der Waals surface area contributed by atoms with Gasteiger partial charge in [-0.3, -0.25) is 9.36 Å². The van der Waals surface area contributed by atoms with E-state index < -0.39 is 5.60 Å². The van der Waals surface area contributed by atoms with E-state index in [1.54, 1.807) is 44.3 Å². The van der Waals surface area contributed by atoms with Crippen LogP contribution in [0.2, 0.25) is 5.02 Å². The number of aliphatic hydroxyl groups is 1. The lowest BCUT2D eigenvalue weighted by atomic mass is 10.2. The molecule has 0 saturated heterocycles. The van der Waals surface area contributed by atoms with Crippen molar-refractivity contribution in [3.63, 3.8) is 0 Å². The highest BCUT2D eigenvalue weighted by molar-refractivity contribution is 6.30. The van der Waals surface area contributed by atoms with E-state index >= 15 is 0 Å². The molecule has 0 spiro atoms. The molecule has 7 nitrogen and oxygen atoms in total. The van der Waals surface area contributed by atoms with Gasteiger partial charge in [-0.2, -0.15) is 0 Å². The highest BCUT2D eigenvalue weighted by Crippen LogP contribution is 2.30. The Labute approximate surface area is 185 Å². The molecule has 0 amide bonds. The van der Waals surface area contributed by atoms with Crippen molar-refractivity contribution in [1.82, 2.24) is 9.55 Å². The highest BCUT2D eigenvalue weighted by atomic mass is 35.5. The Bertz CT molecular complexity index is 1090. The average Bonchev–Trinajstić information content (AvgIpc) is 2.73. The lowest BCUT2D eigenvalue weighted by Crippen LogP contribution is -2.28. The number of rotatable bonds is 9. The van der Waals surface area contributed by atoms with E-state index in [-0.39, 0.29) is 18.0 Å². The topological polar surface area (TPSA) is 82.8 Å². The second-order valence-electron chi connectivity index (χ2n) is 7.57. The summed E-state index contributed by atoms with van der Waals surface area (Å²) in [7, 11) is 1.51. The van der Waals surface area contributed by atoms with Gasteiger partial charge >= 0.3 is 5.56 Å². The summed E-state index contributed by atoms with van der Waals surface area (Å²) in [4.78, 5) is 16.9. The summed E-state index contributed by atoms with van der Waals surface area (Å²) < 4.78 is 18.1. The van der Waals surface area contributed by atoms with Crippen LogP contribution in [0.15, 0.2) is 59.7 Å². The summed E-state index contributed by atoms with van der Waals surface area (Å²) >= 11 is 5.99. The second kappa shape index (κ2) is 9.85. The minimum absolute atomic E-state index is 0.00542. The maximum absolute atomic E-state index is 12.9. The van der Waals surface area contributed by atoms with Gasteiger partial charge in [-0.25, -0.2) is 4.98 Å². The van der Waals surface area contributed by atoms with E-state index in [4.69, 9.17) is 25.8 Å². The molecular weight excluding hydrogens is 420 g/mol. The molecule has 8 heteroatoms. The van der Waals surface area contributed by atoms with Gasteiger partial charge in [0.25, 0.3) is 5.88 Å². The summed E-state index contributed by atoms with van der Waals surface area (Å²) in [5.74, 6) is 0.910. The van der Waals surface area contributed by atoms with Gasteiger partial charge in [0.05, 0.1) is 25.0 Å². The number of nitrogens with zero attached hydrogens (tertiary/aromatic N) is 2. The molecule has 1 heterocycles. The Hall–Kier alpha value is -3.03. The molecule has 0 radical (unpaired) electrons. The van der Waals surface area contributed by atoms with E-state index in [1.165, 1.54) is 17.9 Å². The number of methoxy groups -OCH3 is 1. The molecule has 0 unspecified atom stereocenters. The van der Waals surface area contributed by atoms with Gasteiger partial charge in [-0.1, -0.05) is 23.7 Å². The zero-order valence-electron chi connectivity index (χ0n) is 17.7. The molecule has 1 N–H and O–H groups in total. The van der Waals surface area contributed by atoms with Gasteiger partial charge in [0.1, 0.15) is 6.61 Å². The number of benzene rings is 2. The van der Waals surface area contributed by atoms with Crippen molar-refractivity contribution >= 4 is 11.6 Å². The van der Waals surface area contributed by atoms with Crippen molar-refractivity contribution in [2.75, 3.05) is 20.3 Å². The third kappa shape index (κ3) is 6.23. The van der Waals surface area contributed by atoms with Crippen LogP contribution in [0.5, 0.6) is 17.4 Å². The van der Waals surface area contributed by atoms with Crippen LogP contribution in [0.25, 0.3) is 5.69 Å². The largest absolute Gasteiger partial charge is 0.493 e. The molecule has 3 aromatic rings. The van der Waals surface area contributed by atoms with Gasteiger partial charge in [-0.05, 0) is 43.7 Å². The lowest BCUT2D eigenvalue weighted by molar-refractivity contribution is 0.0276. The van der Waals surface area contributed by atoms with Crippen LogP contribution in [0, 0.1) is 0 Å². The molecule has 1 aromatic heterocycles. The zero-order valence-corrected chi connectivity index (χ0v) is 18.4. The first-order chi connectivity index (χ1) is 14.8. The number of halogens is 1. The standard InChI is InChI=1S/C23H25ClN2O5/c1-23(2,28)15-31-19-8-7-18(14-20(19)29-3)26-11-10-25-21(22(26)27)30-12-9-16-5-4-6-17(24)13-16/h4-8,10-11,13-14,28H,9,12,15H2,1-3H3.